The fraction of sp³-hybridized carbons (Fsp3) is 0.786. The van der Waals surface area contributed by atoms with Crippen molar-refractivity contribution in [2.24, 2.45) is 0 Å². The predicted molar refractivity (Wildman–Crippen MR) is 74.2 cm³/mol. The first kappa shape index (κ1) is 14.1. The molecule has 0 amide bonds. The number of imidazole rings is 1. The second-order valence-electron chi connectivity index (χ2n) is 5.68. The smallest absolute Gasteiger partial charge is 0.127 e. The molecule has 0 aliphatic carbocycles. The van der Waals surface area contributed by atoms with E-state index >= 15 is 0 Å². The van der Waals surface area contributed by atoms with Crippen LogP contribution in [-0.4, -0.2) is 9.55 Å². The quantitative estimate of drug-likeness (QED) is 0.796. The van der Waals surface area contributed by atoms with Crippen LogP contribution in [0.2, 0.25) is 0 Å². The van der Waals surface area contributed by atoms with Gasteiger partial charge in [-0.1, -0.05) is 26.7 Å². The molecule has 0 aliphatic rings. The van der Waals surface area contributed by atoms with Gasteiger partial charge in [0.2, 0.25) is 0 Å². The van der Waals surface area contributed by atoms with Gasteiger partial charge in [-0.15, -0.1) is 0 Å². The van der Waals surface area contributed by atoms with Crippen LogP contribution < -0.4 is 5.73 Å². The molecule has 0 atom stereocenters. The van der Waals surface area contributed by atoms with Gasteiger partial charge in [0, 0.05) is 12.0 Å². The van der Waals surface area contributed by atoms with Gasteiger partial charge >= 0.3 is 0 Å². The fourth-order valence-corrected chi connectivity index (χ4v) is 2.24. The van der Waals surface area contributed by atoms with E-state index in [2.05, 4.69) is 39.2 Å². The molecule has 2 N–H and O–H groups in total. The number of rotatable bonds is 5. The van der Waals surface area contributed by atoms with E-state index in [1.165, 1.54) is 19.3 Å². The summed E-state index contributed by atoms with van der Waals surface area (Å²) in [5.41, 5.74) is 7.36. The molecule has 0 fully saturated rings. The van der Waals surface area contributed by atoms with E-state index < -0.39 is 0 Å². The molecular weight excluding hydrogens is 210 g/mol. The Morgan fingerprint density at radius 1 is 1.18 bits per heavy atom. The second kappa shape index (κ2) is 5.56. The lowest BCUT2D eigenvalue weighted by molar-refractivity contribution is 0.389. The fourth-order valence-electron chi connectivity index (χ4n) is 2.24. The van der Waals surface area contributed by atoms with Crippen LogP contribution >= 0.6 is 0 Å². The van der Waals surface area contributed by atoms with E-state index in [0.717, 1.165) is 30.2 Å². The highest BCUT2D eigenvalue weighted by Crippen LogP contribution is 2.26. The molecule has 1 heterocycles. The van der Waals surface area contributed by atoms with Crippen molar-refractivity contribution in [3.05, 3.63) is 11.5 Å². The van der Waals surface area contributed by atoms with Gasteiger partial charge in [-0.25, -0.2) is 4.98 Å². The number of nitrogens with two attached hydrogens (primary N) is 1. The summed E-state index contributed by atoms with van der Waals surface area (Å²) in [4.78, 5) is 4.70. The Labute approximate surface area is 105 Å². The van der Waals surface area contributed by atoms with E-state index in [0.29, 0.717) is 0 Å². The predicted octanol–water partition coefficient (Wildman–Crippen LogP) is 3.52. The number of aromatic nitrogens is 2. The molecule has 0 radical (unpaired) electrons. The van der Waals surface area contributed by atoms with E-state index in [9.17, 15) is 0 Å². The van der Waals surface area contributed by atoms with E-state index in [1.807, 2.05) is 0 Å². The van der Waals surface area contributed by atoms with Crippen molar-refractivity contribution in [2.45, 2.75) is 72.3 Å². The van der Waals surface area contributed by atoms with Crippen LogP contribution in [0, 0.1) is 0 Å². The number of hydrogen-bond acceptors (Lipinski definition) is 2. The first-order chi connectivity index (χ1) is 7.91. The summed E-state index contributed by atoms with van der Waals surface area (Å²) in [6.45, 7) is 10.9. The van der Waals surface area contributed by atoms with Crippen molar-refractivity contribution in [3.8, 4) is 0 Å². The molecule has 3 nitrogen and oxygen atoms in total. The molecule has 98 valence electrons. The largest absolute Gasteiger partial charge is 0.384 e. The number of anilines is 1. The highest BCUT2D eigenvalue weighted by Gasteiger charge is 2.22. The van der Waals surface area contributed by atoms with Gasteiger partial charge in [0.25, 0.3) is 0 Å². The Morgan fingerprint density at radius 2 is 1.82 bits per heavy atom. The lowest BCUT2D eigenvalue weighted by Gasteiger charge is -2.24. The van der Waals surface area contributed by atoms with Crippen molar-refractivity contribution in [1.82, 2.24) is 9.55 Å². The molecule has 0 saturated carbocycles. The molecule has 0 saturated heterocycles. The molecule has 1 rings (SSSR count). The molecular formula is C14H27N3. The van der Waals surface area contributed by atoms with Crippen molar-refractivity contribution < 1.29 is 0 Å². The van der Waals surface area contributed by atoms with Crippen molar-refractivity contribution in [2.75, 3.05) is 5.73 Å². The van der Waals surface area contributed by atoms with Gasteiger partial charge in [0.05, 0.1) is 5.69 Å². The third-order valence-electron chi connectivity index (χ3n) is 3.06. The minimum Gasteiger partial charge on any atom is -0.384 e. The van der Waals surface area contributed by atoms with Crippen LogP contribution in [0.15, 0.2) is 0 Å². The van der Waals surface area contributed by atoms with Crippen LogP contribution in [0.5, 0.6) is 0 Å². The first-order valence-electron chi connectivity index (χ1n) is 6.78. The van der Waals surface area contributed by atoms with Crippen LogP contribution in [0.25, 0.3) is 0 Å². The number of aryl methyl sites for hydroxylation is 2. The van der Waals surface area contributed by atoms with Gasteiger partial charge in [0.15, 0.2) is 0 Å². The average Bonchev–Trinajstić information content (AvgIpc) is 2.55. The number of nitrogen functional groups attached to an aromatic ring is 1. The van der Waals surface area contributed by atoms with Gasteiger partial charge in [-0.3, -0.25) is 0 Å². The molecule has 1 aromatic heterocycles. The van der Waals surface area contributed by atoms with Crippen LogP contribution in [0.4, 0.5) is 5.82 Å². The summed E-state index contributed by atoms with van der Waals surface area (Å²) >= 11 is 0. The van der Waals surface area contributed by atoms with Gasteiger partial charge in [0.1, 0.15) is 11.6 Å². The first-order valence-corrected chi connectivity index (χ1v) is 6.78. The third kappa shape index (κ3) is 3.24. The molecule has 0 aromatic carbocycles. The Kier molecular flexibility index (Phi) is 4.61. The standard InChI is InChI=1S/C14H27N3/c1-6-8-9-10-11-13(15)17(14(3,4)5)12(7-2)16-11/h6-10,15H2,1-5H3. The number of nitrogens with zero attached hydrogens (tertiary/aromatic N) is 2. The summed E-state index contributed by atoms with van der Waals surface area (Å²) < 4.78 is 2.19. The monoisotopic (exact) mass is 237 g/mol. The summed E-state index contributed by atoms with van der Waals surface area (Å²) in [7, 11) is 0. The molecule has 0 unspecified atom stereocenters. The second-order valence-corrected chi connectivity index (χ2v) is 5.68. The lowest BCUT2D eigenvalue weighted by atomic mass is 10.1. The van der Waals surface area contributed by atoms with Crippen molar-refractivity contribution in [3.63, 3.8) is 0 Å². The summed E-state index contributed by atoms with van der Waals surface area (Å²) in [6, 6.07) is 0. The van der Waals surface area contributed by atoms with Gasteiger partial charge in [-0.05, 0) is 33.6 Å². The molecule has 3 heteroatoms. The maximum Gasteiger partial charge on any atom is 0.127 e. The number of unbranched alkanes of at least 4 members (excludes halogenated alkanes) is 2. The van der Waals surface area contributed by atoms with Gasteiger partial charge in [-0.2, -0.15) is 0 Å². The number of hydrogen-bond donors (Lipinski definition) is 1. The van der Waals surface area contributed by atoms with E-state index in [-0.39, 0.29) is 5.54 Å². The maximum atomic E-state index is 6.25. The zero-order valence-electron chi connectivity index (χ0n) is 12.0. The third-order valence-corrected chi connectivity index (χ3v) is 3.06. The van der Waals surface area contributed by atoms with Gasteiger partial charge < -0.3 is 10.3 Å². The summed E-state index contributed by atoms with van der Waals surface area (Å²) in [5.74, 6) is 1.98. The van der Waals surface area contributed by atoms with Crippen LogP contribution in [-0.2, 0) is 18.4 Å². The Bertz CT molecular complexity index is 358. The zero-order chi connectivity index (χ0) is 13.1. The van der Waals surface area contributed by atoms with Crippen LogP contribution in [0.3, 0.4) is 0 Å². The average molecular weight is 237 g/mol. The molecule has 17 heavy (non-hydrogen) atoms. The normalized spacial score (nSPS) is 12.1. The molecule has 0 bridgehead atoms. The van der Waals surface area contributed by atoms with E-state index in [4.69, 9.17) is 10.7 Å². The maximum absolute atomic E-state index is 6.25. The summed E-state index contributed by atoms with van der Waals surface area (Å²) in [5, 5.41) is 0. The van der Waals surface area contributed by atoms with E-state index in [1.54, 1.807) is 0 Å². The molecule has 0 spiro atoms. The highest BCUT2D eigenvalue weighted by molar-refractivity contribution is 5.39. The van der Waals surface area contributed by atoms with Crippen LogP contribution in [0.1, 0.15) is 65.4 Å². The summed E-state index contributed by atoms with van der Waals surface area (Å²) in [6.07, 6.45) is 5.62. The Hall–Kier alpha value is -0.990. The topological polar surface area (TPSA) is 43.8 Å². The zero-order valence-corrected chi connectivity index (χ0v) is 12.0. The Balaban J connectivity index is 2.98. The lowest BCUT2D eigenvalue weighted by Crippen LogP contribution is -2.25. The minimum absolute atomic E-state index is 0.0193. The Morgan fingerprint density at radius 3 is 2.24 bits per heavy atom. The highest BCUT2D eigenvalue weighted by atomic mass is 15.2. The molecule has 0 aliphatic heterocycles. The van der Waals surface area contributed by atoms with Crippen molar-refractivity contribution in [1.29, 1.82) is 0 Å². The molecule has 1 aromatic rings. The SMILES string of the molecule is CCCCCc1nc(CC)n(C(C)(C)C)c1N. The van der Waals surface area contributed by atoms with Crippen molar-refractivity contribution >= 4 is 5.82 Å². The minimum atomic E-state index is 0.0193.